The highest BCUT2D eigenvalue weighted by atomic mass is 127. The molecule has 0 saturated carbocycles. The van der Waals surface area contributed by atoms with Crippen LogP contribution >= 0.6 is 35.6 Å². The van der Waals surface area contributed by atoms with Gasteiger partial charge in [-0.15, -0.1) is 24.0 Å². The average molecular weight is 477 g/mol. The Morgan fingerprint density at radius 3 is 2.60 bits per heavy atom. The van der Waals surface area contributed by atoms with Crippen LogP contribution in [-0.4, -0.2) is 30.8 Å². The summed E-state index contributed by atoms with van der Waals surface area (Å²) in [6.07, 6.45) is 1.68. The van der Waals surface area contributed by atoms with Crippen molar-refractivity contribution in [2.24, 2.45) is 4.99 Å². The van der Waals surface area contributed by atoms with Crippen LogP contribution in [0.2, 0.25) is 5.02 Å². The summed E-state index contributed by atoms with van der Waals surface area (Å²) in [5, 5.41) is 11.4. The molecule has 2 rings (SSSR count). The first-order chi connectivity index (χ1) is 11.6. The fourth-order valence-corrected chi connectivity index (χ4v) is 2.73. The highest BCUT2D eigenvalue weighted by molar-refractivity contribution is 14.0. The lowest BCUT2D eigenvalue weighted by atomic mass is 10.1. The summed E-state index contributed by atoms with van der Waals surface area (Å²) in [5.41, 5.74) is 3.23. The van der Waals surface area contributed by atoms with Gasteiger partial charge in [0.1, 0.15) is 5.76 Å². The minimum absolute atomic E-state index is 0. The molecule has 2 aromatic rings. The van der Waals surface area contributed by atoms with E-state index in [9.17, 15) is 0 Å². The maximum Gasteiger partial charge on any atom is 0.191 e. The lowest BCUT2D eigenvalue weighted by Crippen LogP contribution is -2.38. The lowest BCUT2D eigenvalue weighted by molar-refractivity contribution is 0.392. The number of halogens is 2. The summed E-state index contributed by atoms with van der Waals surface area (Å²) in [6, 6.07) is 7.91. The standard InChI is InChI=1S/C18H25ClN4O.HI/c1-4-20-18(21-11-9-15-7-5-6-8-17(15)19)22-12-10-16-13(2)23-24-14(16)3;/h5-8H,4,9-12H2,1-3H3,(H2,20,21,22);1H. The van der Waals surface area contributed by atoms with E-state index in [1.165, 1.54) is 0 Å². The number of nitrogens with one attached hydrogen (secondary N) is 2. The molecule has 0 bridgehead atoms. The molecular weight excluding hydrogens is 451 g/mol. The maximum atomic E-state index is 6.18. The molecule has 25 heavy (non-hydrogen) atoms. The van der Waals surface area contributed by atoms with E-state index < -0.39 is 0 Å². The van der Waals surface area contributed by atoms with Crippen LogP contribution in [0.1, 0.15) is 29.5 Å². The smallest absolute Gasteiger partial charge is 0.191 e. The molecule has 1 aromatic carbocycles. The molecule has 0 spiro atoms. The molecule has 2 N–H and O–H groups in total. The van der Waals surface area contributed by atoms with Crippen molar-refractivity contribution in [3.63, 3.8) is 0 Å². The first-order valence-electron chi connectivity index (χ1n) is 8.29. The van der Waals surface area contributed by atoms with E-state index in [-0.39, 0.29) is 24.0 Å². The Bertz CT molecular complexity index is 668. The van der Waals surface area contributed by atoms with Crippen LogP contribution < -0.4 is 10.6 Å². The van der Waals surface area contributed by atoms with Crippen LogP contribution in [0.25, 0.3) is 0 Å². The number of aliphatic imine (C=N–C) groups is 1. The first kappa shape index (κ1) is 21.8. The molecule has 0 amide bonds. The third-order valence-corrected chi connectivity index (χ3v) is 4.17. The van der Waals surface area contributed by atoms with Crippen molar-refractivity contribution in [2.75, 3.05) is 19.6 Å². The largest absolute Gasteiger partial charge is 0.361 e. The van der Waals surface area contributed by atoms with Gasteiger partial charge in [0, 0.05) is 30.2 Å². The topological polar surface area (TPSA) is 62.5 Å². The molecule has 7 heteroatoms. The zero-order chi connectivity index (χ0) is 17.4. The van der Waals surface area contributed by atoms with E-state index in [0.717, 1.165) is 59.5 Å². The third kappa shape index (κ3) is 6.86. The summed E-state index contributed by atoms with van der Waals surface area (Å²) in [6.45, 7) is 8.24. The molecule has 5 nitrogen and oxygen atoms in total. The lowest BCUT2D eigenvalue weighted by Gasteiger charge is -2.11. The van der Waals surface area contributed by atoms with E-state index in [4.69, 9.17) is 16.1 Å². The number of nitrogens with zero attached hydrogens (tertiary/aromatic N) is 2. The summed E-state index contributed by atoms with van der Waals surface area (Å²) in [7, 11) is 0. The van der Waals surface area contributed by atoms with E-state index in [2.05, 4.69) is 27.7 Å². The van der Waals surface area contributed by atoms with Gasteiger partial charge < -0.3 is 15.2 Å². The van der Waals surface area contributed by atoms with Gasteiger partial charge in [-0.3, -0.25) is 4.99 Å². The SMILES string of the molecule is CCNC(=NCCc1c(C)noc1C)NCCc1ccccc1Cl.I. The average Bonchev–Trinajstić information content (AvgIpc) is 2.88. The monoisotopic (exact) mass is 476 g/mol. The maximum absolute atomic E-state index is 6.18. The number of benzene rings is 1. The van der Waals surface area contributed by atoms with Crippen LogP contribution in [0.15, 0.2) is 33.8 Å². The summed E-state index contributed by atoms with van der Waals surface area (Å²) in [5.74, 6) is 1.69. The number of hydrogen-bond donors (Lipinski definition) is 2. The van der Waals surface area contributed by atoms with Crippen LogP contribution in [0.4, 0.5) is 0 Å². The van der Waals surface area contributed by atoms with Gasteiger partial charge in [-0.05, 0) is 45.2 Å². The van der Waals surface area contributed by atoms with Crippen molar-refractivity contribution < 1.29 is 4.52 Å². The van der Waals surface area contributed by atoms with Gasteiger partial charge >= 0.3 is 0 Å². The number of aryl methyl sites for hydroxylation is 2. The minimum atomic E-state index is 0. The fourth-order valence-electron chi connectivity index (χ4n) is 2.50. The summed E-state index contributed by atoms with van der Waals surface area (Å²) >= 11 is 6.18. The Labute approximate surface area is 171 Å². The number of hydrogen-bond acceptors (Lipinski definition) is 3. The van der Waals surface area contributed by atoms with Crippen LogP contribution in [0.3, 0.4) is 0 Å². The van der Waals surface area contributed by atoms with Crippen LogP contribution in [-0.2, 0) is 12.8 Å². The van der Waals surface area contributed by atoms with Crippen molar-refractivity contribution in [2.45, 2.75) is 33.6 Å². The van der Waals surface area contributed by atoms with Gasteiger partial charge in [-0.25, -0.2) is 0 Å². The number of aromatic nitrogens is 1. The molecule has 0 aliphatic rings. The minimum Gasteiger partial charge on any atom is -0.361 e. The molecule has 0 saturated heterocycles. The highest BCUT2D eigenvalue weighted by Crippen LogP contribution is 2.15. The molecule has 138 valence electrons. The fraction of sp³-hybridized carbons (Fsp3) is 0.444. The van der Waals surface area contributed by atoms with Crippen molar-refractivity contribution in [3.05, 3.63) is 51.9 Å². The predicted octanol–water partition coefficient (Wildman–Crippen LogP) is 3.90. The Morgan fingerprint density at radius 2 is 1.96 bits per heavy atom. The van der Waals surface area contributed by atoms with Crippen molar-refractivity contribution in [1.29, 1.82) is 0 Å². The van der Waals surface area contributed by atoms with Gasteiger partial charge in [-0.1, -0.05) is 35.0 Å². The third-order valence-electron chi connectivity index (χ3n) is 3.80. The van der Waals surface area contributed by atoms with Gasteiger partial charge in [0.05, 0.1) is 5.69 Å². The zero-order valence-corrected chi connectivity index (χ0v) is 18.0. The molecular formula is C18H26ClIN4O. The molecule has 1 aromatic heterocycles. The molecule has 1 heterocycles. The molecule has 0 aliphatic carbocycles. The zero-order valence-electron chi connectivity index (χ0n) is 14.9. The second kappa shape index (κ2) is 11.4. The van der Waals surface area contributed by atoms with E-state index in [1.54, 1.807) is 0 Å². The van der Waals surface area contributed by atoms with Crippen molar-refractivity contribution in [1.82, 2.24) is 15.8 Å². The van der Waals surface area contributed by atoms with Gasteiger partial charge in [0.25, 0.3) is 0 Å². The number of rotatable bonds is 7. The van der Waals surface area contributed by atoms with Crippen LogP contribution in [0, 0.1) is 13.8 Å². The predicted molar refractivity (Wildman–Crippen MR) is 114 cm³/mol. The number of guanidine groups is 1. The summed E-state index contributed by atoms with van der Waals surface area (Å²) < 4.78 is 5.18. The van der Waals surface area contributed by atoms with Crippen molar-refractivity contribution in [3.8, 4) is 0 Å². The van der Waals surface area contributed by atoms with E-state index in [1.807, 2.05) is 38.1 Å². The first-order valence-corrected chi connectivity index (χ1v) is 8.67. The highest BCUT2D eigenvalue weighted by Gasteiger charge is 2.08. The molecule has 0 aliphatic heterocycles. The Hall–Kier alpha value is -1.28. The second-order valence-electron chi connectivity index (χ2n) is 5.58. The quantitative estimate of drug-likeness (QED) is 0.361. The normalized spacial score (nSPS) is 11.1. The van der Waals surface area contributed by atoms with E-state index in [0.29, 0.717) is 6.54 Å². The molecule has 0 atom stereocenters. The Kier molecular flexibility index (Phi) is 9.89. The van der Waals surface area contributed by atoms with Crippen molar-refractivity contribution >= 4 is 41.5 Å². The van der Waals surface area contributed by atoms with Crippen LogP contribution in [0.5, 0.6) is 0 Å². The Balaban J connectivity index is 0.00000312. The second-order valence-corrected chi connectivity index (χ2v) is 5.99. The molecule has 0 unspecified atom stereocenters. The van der Waals surface area contributed by atoms with Gasteiger partial charge in [0.15, 0.2) is 5.96 Å². The van der Waals surface area contributed by atoms with Gasteiger partial charge in [-0.2, -0.15) is 0 Å². The van der Waals surface area contributed by atoms with E-state index >= 15 is 0 Å². The summed E-state index contributed by atoms with van der Waals surface area (Å²) in [4.78, 5) is 4.62. The molecule has 0 radical (unpaired) electrons. The molecule has 0 fully saturated rings. The Morgan fingerprint density at radius 1 is 1.20 bits per heavy atom. The van der Waals surface area contributed by atoms with Gasteiger partial charge in [0.2, 0.25) is 0 Å².